The molecule has 5 heteroatoms. The molecule has 0 fully saturated rings. The standard InChI is InChI=1S/C12H17NO4/c13-5-9(14)6-15-7-10-8-16-11-3-1-2-4-12(11)17-10/h1-4,9-10,14H,5-8,13H2/p+1/t9-,10-/m0/s1. The van der Waals surface area contributed by atoms with Crippen LogP contribution in [-0.2, 0) is 4.74 Å². The Hall–Kier alpha value is -1.30. The third-order valence-corrected chi connectivity index (χ3v) is 2.51. The Labute approximate surface area is 100 Å². The molecule has 5 nitrogen and oxygen atoms in total. The lowest BCUT2D eigenvalue weighted by molar-refractivity contribution is -0.385. The van der Waals surface area contributed by atoms with Crippen LogP contribution in [0.4, 0.5) is 0 Å². The van der Waals surface area contributed by atoms with E-state index in [9.17, 15) is 5.11 Å². The number of aliphatic hydroxyl groups is 1. The molecule has 0 aliphatic carbocycles. The van der Waals surface area contributed by atoms with Crippen LogP contribution in [0, 0.1) is 0 Å². The summed E-state index contributed by atoms with van der Waals surface area (Å²) in [5.41, 5.74) is 3.59. The predicted octanol–water partition coefficient (Wildman–Crippen LogP) is -0.554. The fourth-order valence-electron chi connectivity index (χ4n) is 1.56. The molecule has 0 radical (unpaired) electrons. The van der Waals surface area contributed by atoms with Gasteiger partial charge in [-0.05, 0) is 12.1 Å². The van der Waals surface area contributed by atoms with E-state index in [0.29, 0.717) is 19.8 Å². The van der Waals surface area contributed by atoms with Crippen LogP contribution in [0.2, 0.25) is 0 Å². The topological polar surface area (TPSA) is 75.6 Å². The van der Waals surface area contributed by atoms with Gasteiger partial charge in [0.05, 0.1) is 13.2 Å². The van der Waals surface area contributed by atoms with Gasteiger partial charge in [0, 0.05) is 0 Å². The molecule has 0 spiro atoms. The summed E-state index contributed by atoms with van der Waals surface area (Å²) in [5, 5.41) is 9.29. The molecular formula is C12H18NO4+. The van der Waals surface area contributed by atoms with Gasteiger partial charge in [-0.1, -0.05) is 12.1 Å². The van der Waals surface area contributed by atoms with Crippen LogP contribution in [0.1, 0.15) is 0 Å². The van der Waals surface area contributed by atoms with Crippen molar-refractivity contribution in [2.45, 2.75) is 12.2 Å². The minimum atomic E-state index is -0.508. The SMILES string of the molecule is [NH3+]C[C@H](O)COC[C@H]1COc2ccccc2O1. The highest BCUT2D eigenvalue weighted by atomic mass is 16.6. The quantitative estimate of drug-likeness (QED) is 0.724. The summed E-state index contributed by atoms with van der Waals surface area (Å²) in [6.45, 7) is 1.61. The number of quaternary nitrogens is 1. The van der Waals surface area contributed by atoms with Gasteiger partial charge in [-0.3, -0.25) is 0 Å². The Morgan fingerprint density at radius 2 is 2.18 bits per heavy atom. The molecule has 0 aromatic heterocycles. The second-order valence-electron chi connectivity index (χ2n) is 3.98. The van der Waals surface area contributed by atoms with Gasteiger partial charge in [0.15, 0.2) is 17.6 Å². The first kappa shape index (κ1) is 12.2. The van der Waals surface area contributed by atoms with Gasteiger partial charge in [-0.2, -0.15) is 0 Å². The zero-order valence-electron chi connectivity index (χ0n) is 9.67. The molecule has 2 rings (SSSR count). The Morgan fingerprint density at radius 1 is 1.41 bits per heavy atom. The molecule has 17 heavy (non-hydrogen) atoms. The van der Waals surface area contributed by atoms with Crippen molar-refractivity contribution in [1.82, 2.24) is 0 Å². The number of fused-ring (bicyclic) bond motifs is 1. The number of rotatable bonds is 5. The van der Waals surface area contributed by atoms with Crippen LogP contribution < -0.4 is 15.2 Å². The van der Waals surface area contributed by atoms with Gasteiger partial charge < -0.3 is 25.1 Å². The highest BCUT2D eigenvalue weighted by Gasteiger charge is 2.20. The number of hydrogen-bond acceptors (Lipinski definition) is 4. The molecule has 1 aromatic carbocycles. The van der Waals surface area contributed by atoms with Crippen molar-refractivity contribution in [2.24, 2.45) is 0 Å². The summed E-state index contributed by atoms with van der Waals surface area (Å²) in [4.78, 5) is 0. The average Bonchev–Trinajstić information content (AvgIpc) is 2.38. The van der Waals surface area contributed by atoms with E-state index in [0.717, 1.165) is 11.5 Å². The Morgan fingerprint density at radius 3 is 2.94 bits per heavy atom. The molecule has 0 amide bonds. The van der Waals surface area contributed by atoms with Gasteiger partial charge >= 0.3 is 0 Å². The van der Waals surface area contributed by atoms with Crippen LogP contribution in [0.25, 0.3) is 0 Å². The van der Waals surface area contributed by atoms with Gasteiger partial charge in [0.1, 0.15) is 19.3 Å². The van der Waals surface area contributed by atoms with Gasteiger partial charge in [-0.25, -0.2) is 0 Å². The smallest absolute Gasteiger partial charge is 0.161 e. The van der Waals surface area contributed by atoms with Gasteiger partial charge in [0.25, 0.3) is 0 Å². The van der Waals surface area contributed by atoms with Crippen molar-refractivity contribution in [3.63, 3.8) is 0 Å². The van der Waals surface area contributed by atoms with Gasteiger partial charge in [0.2, 0.25) is 0 Å². The summed E-state index contributed by atoms with van der Waals surface area (Å²) in [7, 11) is 0. The normalized spacial score (nSPS) is 20.0. The van der Waals surface area contributed by atoms with E-state index in [1.807, 2.05) is 24.3 Å². The van der Waals surface area contributed by atoms with E-state index in [1.165, 1.54) is 0 Å². The lowest BCUT2D eigenvalue weighted by atomic mass is 10.2. The highest BCUT2D eigenvalue weighted by molar-refractivity contribution is 5.40. The lowest BCUT2D eigenvalue weighted by Crippen LogP contribution is -2.56. The molecule has 1 aromatic rings. The molecule has 0 saturated heterocycles. The largest absolute Gasteiger partial charge is 0.486 e. The van der Waals surface area contributed by atoms with Crippen molar-refractivity contribution in [1.29, 1.82) is 0 Å². The van der Waals surface area contributed by atoms with Crippen LogP contribution in [0.3, 0.4) is 0 Å². The number of hydrogen-bond donors (Lipinski definition) is 2. The van der Waals surface area contributed by atoms with Crippen LogP contribution in [0.15, 0.2) is 24.3 Å². The van der Waals surface area contributed by atoms with E-state index in [2.05, 4.69) is 5.73 Å². The molecule has 1 aliphatic rings. The Balaban J connectivity index is 1.78. The van der Waals surface area contributed by atoms with Crippen LogP contribution in [0.5, 0.6) is 11.5 Å². The van der Waals surface area contributed by atoms with Crippen molar-refractivity contribution in [3.8, 4) is 11.5 Å². The zero-order valence-corrected chi connectivity index (χ0v) is 9.67. The van der Waals surface area contributed by atoms with E-state index >= 15 is 0 Å². The van der Waals surface area contributed by atoms with Crippen LogP contribution >= 0.6 is 0 Å². The first-order chi connectivity index (χ1) is 8.29. The predicted molar refractivity (Wildman–Crippen MR) is 60.9 cm³/mol. The second-order valence-corrected chi connectivity index (χ2v) is 3.98. The van der Waals surface area contributed by atoms with Crippen molar-refractivity contribution >= 4 is 0 Å². The molecule has 0 saturated carbocycles. The zero-order chi connectivity index (χ0) is 12.1. The monoisotopic (exact) mass is 240 g/mol. The second kappa shape index (κ2) is 5.86. The number of benzene rings is 1. The van der Waals surface area contributed by atoms with E-state index in [-0.39, 0.29) is 12.7 Å². The minimum Gasteiger partial charge on any atom is -0.486 e. The summed E-state index contributed by atoms with van der Waals surface area (Å²) >= 11 is 0. The Kier molecular flexibility index (Phi) is 4.19. The fraction of sp³-hybridized carbons (Fsp3) is 0.500. The van der Waals surface area contributed by atoms with Crippen molar-refractivity contribution in [3.05, 3.63) is 24.3 Å². The average molecular weight is 240 g/mol. The number of para-hydroxylation sites is 2. The molecule has 1 heterocycles. The third-order valence-electron chi connectivity index (χ3n) is 2.51. The molecular weight excluding hydrogens is 222 g/mol. The molecule has 94 valence electrons. The van der Waals surface area contributed by atoms with Crippen LogP contribution in [-0.4, -0.2) is 43.7 Å². The van der Waals surface area contributed by atoms with E-state index in [4.69, 9.17) is 14.2 Å². The summed E-state index contributed by atoms with van der Waals surface area (Å²) in [6, 6.07) is 7.55. The first-order valence-corrected chi connectivity index (χ1v) is 5.73. The fourth-order valence-corrected chi connectivity index (χ4v) is 1.56. The summed E-state index contributed by atoms with van der Waals surface area (Å²) in [6.07, 6.45) is -0.631. The highest BCUT2D eigenvalue weighted by Crippen LogP contribution is 2.30. The lowest BCUT2D eigenvalue weighted by Gasteiger charge is -2.26. The summed E-state index contributed by atoms with van der Waals surface area (Å²) in [5.74, 6) is 1.51. The first-order valence-electron chi connectivity index (χ1n) is 5.73. The maximum Gasteiger partial charge on any atom is 0.161 e. The van der Waals surface area contributed by atoms with E-state index in [1.54, 1.807) is 0 Å². The molecule has 1 aliphatic heterocycles. The van der Waals surface area contributed by atoms with Crippen molar-refractivity contribution in [2.75, 3.05) is 26.4 Å². The van der Waals surface area contributed by atoms with Gasteiger partial charge in [-0.15, -0.1) is 0 Å². The summed E-state index contributed by atoms with van der Waals surface area (Å²) < 4.78 is 16.6. The minimum absolute atomic E-state index is 0.123. The molecule has 0 bridgehead atoms. The Bertz CT molecular complexity index is 358. The molecule has 0 unspecified atom stereocenters. The maximum absolute atomic E-state index is 9.29. The third kappa shape index (κ3) is 3.33. The molecule has 4 N–H and O–H groups in total. The number of aliphatic hydroxyl groups excluding tert-OH is 1. The van der Waals surface area contributed by atoms with Crippen molar-refractivity contribution < 1.29 is 25.1 Å². The molecule has 2 atom stereocenters. The number of ether oxygens (including phenoxy) is 3. The van der Waals surface area contributed by atoms with E-state index < -0.39 is 6.10 Å². The maximum atomic E-state index is 9.29.